The normalized spacial score (nSPS) is 23.7. The number of nitrogens with two attached hydrogens (primary N) is 1. The number of rotatable bonds is 7. The highest BCUT2D eigenvalue weighted by Gasteiger charge is 2.49. The second-order valence-electron chi connectivity index (χ2n) is 10.1. The minimum Gasteiger partial charge on any atom is -0.388 e. The zero-order valence-corrected chi connectivity index (χ0v) is 22.3. The van der Waals surface area contributed by atoms with Crippen LogP contribution < -0.4 is 16.4 Å². The molecule has 39 heavy (non-hydrogen) atoms. The van der Waals surface area contributed by atoms with E-state index in [0.717, 1.165) is 42.9 Å². The Labute approximate surface area is 229 Å². The highest BCUT2D eigenvalue weighted by molar-refractivity contribution is 6.31. The van der Waals surface area contributed by atoms with E-state index in [1.165, 1.54) is 16.8 Å². The minimum atomic E-state index is -2.61. The molecule has 2 aliphatic rings. The molecule has 0 radical (unpaired) electrons. The lowest BCUT2D eigenvalue weighted by molar-refractivity contribution is 0.0513. The zero-order valence-electron chi connectivity index (χ0n) is 21.5. The van der Waals surface area contributed by atoms with Crippen LogP contribution in [0.2, 0.25) is 5.02 Å². The number of hydrogen-bond donors (Lipinski definition) is 4. The Morgan fingerprint density at radius 1 is 1.26 bits per heavy atom. The summed E-state index contributed by atoms with van der Waals surface area (Å²) in [5.41, 5.74) is 6.83. The van der Waals surface area contributed by atoms with Crippen molar-refractivity contribution in [2.24, 2.45) is 18.9 Å². The number of hydrogen-bond acceptors (Lipinski definition) is 8. The van der Waals surface area contributed by atoms with Gasteiger partial charge in [0.15, 0.2) is 6.29 Å². The van der Waals surface area contributed by atoms with Gasteiger partial charge in [0.05, 0.1) is 27.4 Å². The molecule has 2 fully saturated rings. The molecule has 2 atom stereocenters. The van der Waals surface area contributed by atoms with E-state index in [9.17, 15) is 23.1 Å². The van der Waals surface area contributed by atoms with Crippen molar-refractivity contribution in [3.8, 4) is 0 Å². The number of nitrogen functional groups attached to an aromatic ring is 1. The van der Waals surface area contributed by atoms with E-state index in [1.54, 1.807) is 20.2 Å². The van der Waals surface area contributed by atoms with Crippen molar-refractivity contribution >= 4 is 35.3 Å². The van der Waals surface area contributed by atoms with Crippen molar-refractivity contribution in [3.05, 3.63) is 58.3 Å². The molecule has 2 aliphatic carbocycles. The number of aryl methyl sites for hydroxylation is 1. The summed E-state index contributed by atoms with van der Waals surface area (Å²) in [5.74, 6) is 1.04. The predicted octanol–water partition coefficient (Wildman–Crippen LogP) is 4.81. The van der Waals surface area contributed by atoms with E-state index < -0.39 is 12.0 Å². The molecule has 1 aromatic carbocycles. The van der Waals surface area contributed by atoms with E-state index in [0.29, 0.717) is 36.1 Å². The van der Waals surface area contributed by atoms with Crippen LogP contribution in [0.5, 0.6) is 0 Å². The van der Waals surface area contributed by atoms with Gasteiger partial charge in [-0.25, -0.2) is 23.1 Å². The predicted molar refractivity (Wildman–Crippen MR) is 143 cm³/mol. The molecule has 5 rings (SSSR count). The molecule has 2 aromatic heterocycles. The monoisotopic (exact) mass is 565 g/mol. The molecular weight excluding hydrogens is 535 g/mol. The van der Waals surface area contributed by atoms with Gasteiger partial charge in [0.2, 0.25) is 5.95 Å². The van der Waals surface area contributed by atoms with Crippen molar-refractivity contribution < 1.29 is 23.1 Å². The number of halogens is 4. The Kier molecular flexibility index (Phi) is 8.65. The number of nitrogens with one attached hydrogen (secondary N) is 2. The van der Waals surface area contributed by atoms with E-state index in [4.69, 9.17) is 17.3 Å². The number of aliphatic hydroxyl groups is 1. The van der Waals surface area contributed by atoms with Crippen LogP contribution in [0.3, 0.4) is 0 Å². The van der Waals surface area contributed by atoms with E-state index >= 15 is 0 Å². The highest BCUT2D eigenvalue weighted by atomic mass is 35.5. The first-order valence-corrected chi connectivity index (χ1v) is 12.9. The lowest BCUT2D eigenvalue weighted by atomic mass is 9.92. The van der Waals surface area contributed by atoms with Crippen molar-refractivity contribution in [1.29, 1.82) is 0 Å². The standard InChI is InChI=1S/C19H24F2N6O2.C7H7ClFN/c1-27-17(22)14(8-28)15(26-27)10-2-11-4-19(29,5-12(11)3-10)9-25-18-23-6-13(7-24-18)16(20)21;1-10-5-2-3-7(9)6(8)4-5/h6-8,10-12,16,29H,2-5,9,22H2,1H3,(H,23,24,25);2-4,10H,1H3. The summed E-state index contributed by atoms with van der Waals surface area (Å²) in [7, 11) is 3.48. The van der Waals surface area contributed by atoms with Gasteiger partial charge in [0.25, 0.3) is 6.43 Å². The zero-order chi connectivity index (χ0) is 28.3. The fourth-order valence-electron chi connectivity index (χ4n) is 5.57. The summed E-state index contributed by atoms with van der Waals surface area (Å²) < 4.78 is 39.2. The Hall–Kier alpha value is -3.38. The first kappa shape index (κ1) is 28.6. The molecule has 0 bridgehead atoms. The van der Waals surface area contributed by atoms with Crippen molar-refractivity contribution in [2.75, 3.05) is 30.0 Å². The van der Waals surface area contributed by atoms with Gasteiger partial charge in [-0.05, 0) is 55.7 Å². The van der Waals surface area contributed by atoms with Crippen LogP contribution in [0.1, 0.15) is 59.6 Å². The van der Waals surface area contributed by atoms with Gasteiger partial charge in [0, 0.05) is 44.6 Å². The summed E-state index contributed by atoms with van der Waals surface area (Å²) in [6.07, 6.45) is 3.27. The second-order valence-corrected chi connectivity index (χ2v) is 10.5. The average Bonchev–Trinajstić information content (AvgIpc) is 3.54. The summed E-state index contributed by atoms with van der Waals surface area (Å²) in [6, 6.07) is 4.49. The van der Waals surface area contributed by atoms with Gasteiger partial charge in [0.1, 0.15) is 11.6 Å². The number of benzene rings is 1. The van der Waals surface area contributed by atoms with Crippen LogP contribution >= 0.6 is 11.6 Å². The molecule has 210 valence electrons. The van der Waals surface area contributed by atoms with Crippen LogP contribution in [0.15, 0.2) is 30.6 Å². The number of alkyl halides is 2. The van der Waals surface area contributed by atoms with E-state index in [1.807, 2.05) is 0 Å². The fourth-order valence-corrected chi connectivity index (χ4v) is 5.75. The van der Waals surface area contributed by atoms with Crippen LogP contribution in [0, 0.1) is 17.7 Å². The summed E-state index contributed by atoms with van der Waals surface area (Å²) in [5, 5.41) is 21.4. The number of anilines is 3. The van der Waals surface area contributed by atoms with Gasteiger partial charge < -0.3 is 21.5 Å². The van der Waals surface area contributed by atoms with Crippen LogP contribution in [0.4, 0.5) is 30.6 Å². The number of nitrogens with zero attached hydrogens (tertiary/aromatic N) is 4. The quantitative estimate of drug-likeness (QED) is 0.300. The van der Waals surface area contributed by atoms with Crippen LogP contribution in [-0.2, 0) is 7.05 Å². The average molecular weight is 566 g/mol. The summed E-state index contributed by atoms with van der Waals surface area (Å²) in [6.45, 7) is 0.259. The third-order valence-electron chi connectivity index (χ3n) is 7.50. The first-order valence-electron chi connectivity index (χ1n) is 12.5. The van der Waals surface area contributed by atoms with Gasteiger partial charge in [-0.1, -0.05) is 11.6 Å². The minimum absolute atomic E-state index is 0.145. The Bertz CT molecular complexity index is 1290. The van der Waals surface area contributed by atoms with E-state index in [-0.39, 0.29) is 34.8 Å². The lowest BCUT2D eigenvalue weighted by Gasteiger charge is -2.25. The van der Waals surface area contributed by atoms with Gasteiger partial charge in [-0.15, -0.1) is 0 Å². The maximum absolute atomic E-state index is 12.6. The third kappa shape index (κ3) is 6.44. The maximum atomic E-state index is 12.6. The Morgan fingerprint density at radius 2 is 1.90 bits per heavy atom. The molecule has 2 saturated carbocycles. The van der Waals surface area contributed by atoms with Crippen LogP contribution in [-0.4, -0.2) is 50.3 Å². The number of carbonyl (C=O) groups is 1. The fraction of sp³-hybridized carbons (Fsp3) is 0.462. The molecule has 0 amide bonds. The van der Waals surface area contributed by atoms with Gasteiger partial charge >= 0.3 is 0 Å². The highest BCUT2D eigenvalue weighted by Crippen LogP contribution is 2.54. The molecule has 2 heterocycles. The number of aromatic nitrogens is 4. The molecule has 3 aromatic rings. The van der Waals surface area contributed by atoms with Crippen molar-refractivity contribution in [2.45, 2.75) is 43.6 Å². The summed E-state index contributed by atoms with van der Waals surface area (Å²) in [4.78, 5) is 19.2. The van der Waals surface area contributed by atoms with Crippen molar-refractivity contribution in [1.82, 2.24) is 19.7 Å². The van der Waals surface area contributed by atoms with Crippen LogP contribution in [0.25, 0.3) is 0 Å². The smallest absolute Gasteiger partial charge is 0.266 e. The molecule has 0 spiro atoms. The van der Waals surface area contributed by atoms with E-state index in [2.05, 4.69) is 25.7 Å². The first-order chi connectivity index (χ1) is 18.5. The molecule has 13 heteroatoms. The SMILES string of the molecule is CNc1ccc(F)c(Cl)c1.Cn1nc(C2CC3CC(O)(CNc4ncc(C(F)F)cn4)CC3C2)c(C=O)c1N. The van der Waals surface area contributed by atoms with Crippen molar-refractivity contribution in [3.63, 3.8) is 0 Å². The number of aldehydes is 1. The molecule has 0 saturated heterocycles. The van der Waals surface area contributed by atoms with Gasteiger partial charge in [-0.3, -0.25) is 9.48 Å². The maximum Gasteiger partial charge on any atom is 0.266 e. The lowest BCUT2D eigenvalue weighted by Crippen LogP contribution is -2.35. The Balaban J connectivity index is 0.000000298. The third-order valence-corrected chi connectivity index (χ3v) is 7.79. The molecule has 2 unspecified atom stereocenters. The largest absolute Gasteiger partial charge is 0.388 e. The molecular formula is C26H31ClF3N7O2. The second kappa shape index (κ2) is 11.8. The summed E-state index contributed by atoms with van der Waals surface area (Å²) >= 11 is 5.48. The van der Waals surface area contributed by atoms with Gasteiger partial charge in [-0.2, -0.15) is 5.10 Å². The number of fused-ring (bicyclic) bond motifs is 1. The topological polar surface area (TPSA) is 131 Å². The molecule has 9 nitrogen and oxygen atoms in total. The number of carbonyl (C=O) groups excluding carboxylic acids is 1. The molecule has 0 aliphatic heterocycles. The Morgan fingerprint density at radius 3 is 2.44 bits per heavy atom. The molecule has 5 N–H and O–H groups in total.